The maximum atomic E-state index is 12.9. The van der Waals surface area contributed by atoms with Crippen LogP contribution < -0.4 is 4.74 Å². The summed E-state index contributed by atoms with van der Waals surface area (Å²) in [6.07, 6.45) is -4.29. The highest BCUT2D eigenvalue weighted by molar-refractivity contribution is 5.29. The molecule has 0 radical (unpaired) electrons. The Kier molecular flexibility index (Phi) is 2.98. The first kappa shape index (κ1) is 10.8. The number of rotatable bonds is 2. The molecule has 0 amide bonds. The molecule has 1 rings (SSSR count). The van der Waals surface area contributed by atoms with Gasteiger partial charge in [-0.2, -0.15) is 0 Å². The summed E-state index contributed by atoms with van der Waals surface area (Å²) in [5, 5.41) is 0. The zero-order valence-electron chi connectivity index (χ0n) is 7.36. The fourth-order valence-corrected chi connectivity index (χ4v) is 0.972. The number of hydrogen-bond acceptors (Lipinski definition) is 1. The van der Waals surface area contributed by atoms with Gasteiger partial charge in [-0.1, -0.05) is 13.0 Å². The molecule has 1 nitrogen and oxygen atoms in total. The molecule has 0 heterocycles. The van der Waals surface area contributed by atoms with Gasteiger partial charge in [0.1, 0.15) is 0 Å². The van der Waals surface area contributed by atoms with Gasteiger partial charge in [0.05, 0.1) is 0 Å². The van der Waals surface area contributed by atoms with Crippen molar-refractivity contribution >= 4 is 0 Å². The molecule has 0 saturated heterocycles. The fourth-order valence-electron chi connectivity index (χ4n) is 0.972. The number of benzene rings is 1. The zero-order valence-corrected chi connectivity index (χ0v) is 7.36. The summed E-state index contributed by atoms with van der Waals surface area (Å²) in [5.41, 5.74) is 0.622. The van der Waals surface area contributed by atoms with Crippen molar-refractivity contribution in [3.05, 3.63) is 29.6 Å². The lowest BCUT2D eigenvalue weighted by atomic mass is 10.1. The molecule has 0 unspecified atom stereocenters. The minimum atomic E-state index is -4.85. The minimum Gasteiger partial charge on any atom is -0.403 e. The van der Waals surface area contributed by atoms with E-state index in [-0.39, 0.29) is 0 Å². The summed E-state index contributed by atoms with van der Waals surface area (Å²) in [6, 6.07) is 3.40. The van der Waals surface area contributed by atoms with Gasteiger partial charge in [0.25, 0.3) is 0 Å². The van der Waals surface area contributed by atoms with Crippen LogP contribution in [0.15, 0.2) is 18.2 Å². The molecule has 14 heavy (non-hydrogen) atoms. The molecule has 0 atom stereocenters. The van der Waals surface area contributed by atoms with Gasteiger partial charge in [-0.05, 0) is 24.1 Å². The first-order chi connectivity index (χ1) is 6.42. The predicted molar refractivity (Wildman–Crippen MR) is 42.5 cm³/mol. The second-order valence-electron chi connectivity index (χ2n) is 2.67. The van der Waals surface area contributed by atoms with E-state index in [1.807, 2.05) is 0 Å². The van der Waals surface area contributed by atoms with Crippen molar-refractivity contribution < 1.29 is 22.3 Å². The lowest BCUT2D eigenvalue weighted by molar-refractivity contribution is -0.275. The average molecular weight is 208 g/mol. The van der Waals surface area contributed by atoms with Crippen LogP contribution in [0.25, 0.3) is 0 Å². The van der Waals surface area contributed by atoms with E-state index in [2.05, 4.69) is 4.74 Å². The maximum Gasteiger partial charge on any atom is 0.573 e. The van der Waals surface area contributed by atoms with Gasteiger partial charge in [0.2, 0.25) is 0 Å². The van der Waals surface area contributed by atoms with Crippen LogP contribution in [0.3, 0.4) is 0 Å². The van der Waals surface area contributed by atoms with Crippen LogP contribution >= 0.6 is 0 Å². The van der Waals surface area contributed by atoms with Crippen molar-refractivity contribution in [2.24, 2.45) is 0 Å². The van der Waals surface area contributed by atoms with Crippen molar-refractivity contribution in [3.63, 3.8) is 0 Å². The zero-order chi connectivity index (χ0) is 10.8. The van der Waals surface area contributed by atoms with Crippen molar-refractivity contribution in [2.75, 3.05) is 0 Å². The van der Waals surface area contributed by atoms with Gasteiger partial charge in [-0.25, -0.2) is 4.39 Å². The molecular weight excluding hydrogens is 200 g/mol. The molecule has 1 aromatic carbocycles. The second kappa shape index (κ2) is 3.86. The minimum absolute atomic E-state index is 0.559. The van der Waals surface area contributed by atoms with Crippen LogP contribution in [-0.4, -0.2) is 6.36 Å². The number of aryl methyl sites for hydroxylation is 1. The first-order valence-corrected chi connectivity index (χ1v) is 3.96. The SMILES string of the molecule is CCc1ccc(OC(F)(F)F)c(F)c1. The van der Waals surface area contributed by atoms with Gasteiger partial charge in [-0.3, -0.25) is 0 Å². The largest absolute Gasteiger partial charge is 0.573 e. The molecule has 0 spiro atoms. The van der Waals surface area contributed by atoms with Gasteiger partial charge < -0.3 is 4.74 Å². The Balaban J connectivity index is 2.89. The molecule has 0 saturated carbocycles. The summed E-state index contributed by atoms with van der Waals surface area (Å²) < 4.78 is 51.5. The smallest absolute Gasteiger partial charge is 0.403 e. The molecule has 0 aromatic heterocycles. The lowest BCUT2D eigenvalue weighted by Crippen LogP contribution is -2.17. The van der Waals surface area contributed by atoms with Crippen molar-refractivity contribution in [2.45, 2.75) is 19.7 Å². The molecular formula is C9H8F4O. The number of halogens is 4. The van der Waals surface area contributed by atoms with Crippen LogP contribution in [0, 0.1) is 5.82 Å². The summed E-state index contributed by atoms with van der Waals surface area (Å²) in [6.45, 7) is 1.78. The molecule has 0 N–H and O–H groups in total. The molecule has 5 heteroatoms. The Bertz CT molecular complexity index is 319. The third-order valence-electron chi connectivity index (χ3n) is 1.63. The van der Waals surface area contributed by atoms with Crippen molar-refractivity contribution in [3.8, 4) is 5.75 Å². The summed E-state index contributed by atoms with van der Waals surface area (Å²) in [4.78, 5) is 0. The number of hydrogen-bond donors (Lipinski definition) is 0. The highest BCUT2D eigenvalue weighted by Crippen LogP contribution is 2.25. The van der Waals surface area contributed by atoms with Gasteiger partial charge in [-0.15, -0.1) is 13.2 Å². The highest BCUT2D eigenvalue weighted by atomic mass is 19.4. The van der Waals surface area contributed by atoms with Crippen LogP contribution in [0.1, 0.15) is 12.5 Å². The van der Waals surface area contributed by atoms with Crippen LogP contribution in [0.4, 0.5) is 17.6 Å². The van der Waals surface area contributed by atoms with Crippen LogP contribution in [-0.2, 0) is 6.42 Å². The van der Waals surface area contributed by atoms with E-state index in [0.717, 1.165) is 12.1 Å². The Hall–Kier alpha value is -1.26. The summed E-state index contributed by atoms with van der Waals surface area (Å²) in [7, 11) is 0. The normalized spacial score (nSPS) is 11.5. The third kappa shape index (κ3) is 2.90. The Labute approximate surface area is 78.3 Å². The van der Waals surface area contributed by atoms with E-state index in [0.29, 0.717) is 12.0 Å². The monoisotopic (exact) mass is 208 g/mol. The van der Waals surface area contributed by atoms with E-state index >= 15 is 0 Å². The Morgan fingerprint density at radius 3 is 2.36 bits per heavy atom. The molecule has 0 bridgehead atoms. The standard InChI is InChI=1S/C9H8F4O/c1-2-6-3-4-8(7(10)5-6)14-9(11,12)13/h3-5H,2H2,1H3. The highest BCUT2D eigenvalue weighted by Gasteiger charge is 2.32. The first-order valence-electron chi connectivity index (χ1n) is 3.96. The second-order valence-corrected chi connectivity index (χ2v) is 2.67. The number of ether oxygens (including phenoxy) is 1. The summed E-state index contributed by atoms with van der Waals surface area (Å²) in [5.74, 6) is -1.80. The fraction of sp³-hybridized carbons (Fsp3) is 0.333. The average Bonchev–Trinajstić information content (AvgIpc) is 2.06. The van der Waals surface area contributed by atoms with Gasteiger partial charge in [0.15, 0.2) is 11.6 Å². The summed E-state index contributed by atoms with van der Waals surface area (Å²) >= 11 is 0. The lowest BCUT2D eigenvalue weighted by Gasteiger charge is -2.09. The van der Waals surface area contributed by atoms with Gasteiger partial charge in [0, 0.05) is 0 Å². The Morgan fingerprint density at radius 2 is 1.93 bits per heavy atom. The molecule has 78 valence electrons. The van der Waals surface area contributed by atoms with E-state index in [1.165, 1.54) is 6.07 Å². The van der Waals surface area contributed by atoms with E-state index in [1.54, 1.807) is 6.92 Å². The topological polar surface area (TPSA) is 9.23 Å². The van der Waals surface area contributed by atoms with E-state index < -0.39 is 17.9 Å². The van der Waals surface area contributed by atoms with E-state index in [9.17, 15) is 17.6 Å². The molecule has 1 aromatic rings. The van der Waals surface area contributed by atoms with Crippen molar-refractivity contribution in [1.82, 2.24) is 0 Å². The predicted octanol–water partition coefficient (Wildman–Crippen LogP) is 3.29. The molecule has 0 aliphatic rings. The molecule has 0 aliphatic heterocycles. The van der Waals surface area contributed by atoms with Gasteiger partial charge >= 0.3 is 6.36 Å². The molecule has 0 aliphatic carbocycles. The Morgan fingerprint density at radius 1 is 1.29 bits per heavy atom. The number of alkyl halides is 3. The van der Waals surface area contributed by atoms with Crippen LogP contribution in [0.5, 0.6) is 5.75 Å². The molecule has 0 fully saturated rings. The quantitative estimate of drug-likeness (QED) is 0.677. The maximum absolute atomic E-state index is 12.9. The van der Waals surface area contributed by atoms with E-state index in [4.69, 9.17) is 0 Å². The van der Waals surface area contributed by atoms with Crippen LogP contribution in [0.2, 0.25) is 0 Å². The van der Waals surface area contributed by atoms with Crippen molar-refractivity contribution in [1.29, 1.82) is 0 Å². The third-order valence-corrected chi connectivity index (χ3v) is 1.63.